The number of hydrogen-bond acceptors (Lipinski definition) is 2. The molecule has 0 saturated carbocycles. The molecule has 2 aromatic carbocycles. The van der Waals surface area contributed by atoms with Crippen LogP contribution in [0, 0.1) is 0 Å². The molecule has 0 fully saturated rings. The van der Waals surface area contributed by atoms with Gasteiger partial charge in [0.2, 0.25) is 0 Å². The molecule has 0 aliphatic heterocycles. The molecule has 2 atom stereocenters. The van der Waals surface area contributed by atoms with Crippen molar-refractivity contribution in [3.63, 3.8) is 0 Å². The van der Waals surface area contributed by atoms with Gasteiger partial charge in [0.1, 0.15) is 25.3 Å². The third-order valence-corrected chi connectivity index (χ3v) is 5.04. The van der Waals surface area contributed by atoms with Crippen LogP contribution in [0.1, 0.15) is 30.0 Å². The first-order chi connectivity index (χ1) is 11.6. The van der Waals surface area contributed by atoms with E-state index in [9.17, 15) is 5.11 Å². The fraction of sp³-hybridized carbons (Fsp3) is 0.368. The van der Waals surface area contributed by atoms with Crippen LogP contribution in [-0.4, -0.2) is 24.4 Å². The van der Waals surface area contributed by atoms with Gasteiger partial charge in [0, 0.05) is 12.0 Å². The molecule has 24 heavy (non-hydrogen) atoms. The second-order valence-corrected chi connectivity index (χ2v) is 7.00. The maximum absolute atomic E-state index is 10.2. The van der Waals surface area contributed by atoms with Crippen LogP contribution >= 0.6 is 23.2 Å². The lowest BCUT2D eigenvalue weighted by atomic mass is 9.88. The normalized spacial score (nSPS) is 18.0. The first kappa shape index (κ1) is 17.6. The summed E-state index contributed by atoms with van der Waals surface area (Å²) in [4.78, 5) is 0. The largest absolute Gasteiger partial charge is 0.488 e. The van der Waals surface area contributed by atoms with Crippen LogP contribution in [0.3, 0.4) is 0 Å². The highest BCUT2D eigenvalue weighted by Crippen LogP contribution is 2.32. The summed E-state index contributed by atoms with van der Waals surface area (Å²) in [5, 5.41) is 13.4. The maximum Gasteiger partial charge on any atom is 0.156 e. The quantitative estimate of drug-likeness (QED) is 0.822. The molecule has 0 spiro atoms. The summed E-state index contributed by atoms with van der Waals surface area (Å²) in [7, 11) is 0. The van der Waals surface area contributed by atoms with Gasteiger partial charge in [0.15, 0.2) is 5.75 Å². The number of aliphatic hydroxyl groups excluding tert-OH is 1. The zero-order valence-electron chi connectivity index (χ0n) is 13.4. The third-order valence-electron chi connectivity index (χ3n) is 4.45. The van der Waals surface area contributed by atoms with E-state index in [1.165, 1.54) is 17.5 Å². The summed E-state index contributed by atoms with van der Waals surface area (Å²) in [5.74, 6) is 0.433. The van der Waals surface area contributed by atoms with E-state index >= 15 is 0 Å². The van der Waals surface area contributed by atoms with Gasteiger partial charge in [0.25, 0.3) is 0 Å². The fourth-order valence-corrected chi connectivity index (χ4v) is 3.73. The Kier molecular flexibility index (Phi) is 6.01. The number of hydrogen-bond donors (Lipinski definition) is 2. The summed E-state index contributed by atoms with van der Waals surface area (Å²) >= 11 is 12.1. The second-order valence-electron chi connectivity index (χ2n) is 6.18. The summed E-state index contributed by atoms with van der Waals surface area (Å²) in [6.07, 6.45) is 2.91. The van der Waals surface area contributed by atoms with Gasteiger partial charge in [-0.15, -0.1) is 0 Å². The van der Waals surface area contributed by atoms with Crippen molar-refractivity contribution in [2.45, 2.75) is 31.4 Å². The molecule has 128 valence electrons. The van der Waals surface area contributed by atoms with Gasteiger partial charge in [0.05, 0.1) is 10.0 Å². The minimum absolute atomic E-state index is 0.175. The average molecular weight is 367 g/mol. The minimum Gasteiger partial charge on any atom is -0.488 e. The average Bonchev–Trinajstić information content (AvgIpc) is 2.59. The highest BCUT2D eigenvalue weighted by atomic mass is 35.5. The number of rotatable bonds is 6. The number of aryl methyl sites for hydroxylation is 1. The molecule has 1 aliphatic carbocycles. The van der Waals surface area contributed by atoms with E-state index in [1.54, 1.807) is 18.2 Å². The highest BCUT2D eigenvalue weighted by Gasteiger charge is 2.23. The molecule has 0 bridgehead atoms. The second kappa shape index (κ2) is 8.21. The SMILES string of the molecule is O[C@H](C[NH2+][C@H]1CCCc2ccccc21)COc1c(Cl)cccc1Cl. The number of quaternary nitrogens is 1. The van der Waals surface area contributed by atoms with E-state index in [0.717, 1.165) is 12.8 Å². The fourth-order valence-electron chi connectivity index (χ4n) is 3.23. The Morgan fingerprint density at radius 3 is 2.67 bits per heavy atom. The van der Waals surface area contributed by atoms with Crippen molar-refractivity contribution < 1.29 is 15.2 Å². The Bertz CT molecular complexity index is 673. The predicted octanol–water partition coefficient (Wildman–Crippen LogP) is 3.37. The van der Waals surface area contributed by atoms with Crippen molar-refractivity contribution in [3.05, 3.63) is 63.6 Å². The van der Waals surface area contributed by atoms with Crippen molar-refractivity contribution in [1.82, 2.24) is 0 Å². The molecule has 0 heterocycles. The van der Waals surface area contributed by atoms with E-state index in [1.807, 2.05) is 0 Å². The number of fused-ring (bicyclic) bond motifs is 1. The predicted molar refractivity (Wildman–Crippen MR) is 96.9 cm³/mol. The maximum atomic E-state index is 10.2. The number of nitrogens with two attached hydrogens (primary N) is 1. The van der Waals surface area contributed by atoms with E-state index in [-0.39, 0.29) is 6.61 Å². The van der Waals surface area contributed by atoms with Gasteiger partial charge in [-0.1, -0.05) is 53.5 Å². The molecule has 3 N–H and O–H groups in total. The van der Waals surface area contributed by atoms with Crippen molar-refractivity contribution in [2.24, 2.45) is 0 Å². The molecule has 0 radical (unpaired) electrons. The third kappa shape index (κ3) is 4.22. The van der Waals surface area contributed by atoms with E-state index < -0.39 is 6.10 Å². The van der Waals surface area contributed by atoms with Crippen molar-refractivity contribution in [3.8, 4) is 5.75 Å². The van der Waals surface area contributed by atoms with E-state index in [0.29, 0.717) is 28.4 Å². The molecular formula is C19H22Cl2NO2+. The molecule has 3 rings (SSSR count). The Hall–Kier alpha value is -1.26. The van der Waals surface area contributed by atoms with Crippen molar-refractivity contribution >= 4 is 23.2 Å². The molecule has 3 nitrogen and oxygen atoms in total. The van der Waals surface area contributed by atoms with Crippen LogP contribution in [0.25, 0.3) is 0 Å². The van der Waals surface area contributed by atoms with Crippen molar-refractivity contribution in [1.29, 1.82) is 0 Å². The van der Waals surface area contributed by atoms with Gasteiger partial charge < -0.3 is 15.2 Å². The van der Waals surface area contributed by atoms with Crippen molar-refractivity contribution in [2.75, 3.05) is 13.2 Å². The minimum atomic E-state index is -0.577. The number of para-hydroxylation sites is 1. The zero-order chi connectivity index (χ0) is 16.9. The smallest absolute Gasteiger partial charge is 0.156 e. The zero-order valence-corrected chi connectivity index (χ0v) is 14.9. The Morgan fingerprint density at radius 1 is 1.12 bits per heavy atom. The van der Waals surface area contributed by atoms with E-state index in [4.69, 9.17) is 27.9 Å². The highest BCUT2D eigenvalue weighted by molar-refractivity contribution is 6.37. The van der Waals surface area contributed by atoms with Gasteiger partial charge in [-0.3, -0.25) is 0 Å². The molecule has 2 aromatic rings. The van der Waals surface area contributed by atoms with Crippen LogP contribution in [0.4, 0.5) is 0 Å². The molecule has 5 heteroatoms. The van der Waals surface area contributed by atoms with Crippen LogP contribution in [-0.2, 0) is 6.42 Å². The molecule has 0 aromatic heterocycles. The first-order valence-electron chi connectivity index (χ1n) is 8.31. The number of aliphatic hydroxyl groups is 1. The summed E-state index contributed by atoms with van der Waals surface area (Å²) < 4.78 is 5.60. The topological polar surface area (TPSA) is 46.1 Å². The lowest BCUT2D eigenvalue weighted by Gasteiger charge is -2.24. The Morgan fingerprint density at radius 2 is 1.88 bits per heavy atom. The molecule has 0 unspecified atom stereocenters. The van der Waals surface area contributed by atoms with Crippen LogP contribution in [0.5, 0.6) is 5.75 Å². The monoisotopic (exact) mass is 366 g/mol. The molecular weight excluding hydrogens is 345 g/mol. The molecule has 1 aliphatic rings. The van der Waals surface area contributed by atoms with Gasteiger partial charge in [-0.05, 0) is 30.5 Å². The van der Waals surface area contributed by atoms with Gasteiger partial charge in [-0.25, -0.2) is 0 Å². The van der Waals surface area contributed by atoms with Gasteiger partial charge >= 0.3 is 0 Å². The number of halogens is 2. The van der Waals surface area contributed by atoms with Crippen LogP contribution in [0.2, 0.25) is 10.0 Å². The standard InChI is InChI=1S/C19H21Cl2NO2/c20-16-8-4-9-17(21)19(16)24-12-14(23)11-22-18-10-3-6-13-5-1-2-7-15(13)18/h1-2,4-5,7-9,14,18,22-23H,3,6,10-12H2/p+1/t14-,18+/m1/s1. The number of benzene rings is 2. The summed E-state index contributed by atoms with van der Waals surface area (Å²) in [6, 6.07) is 14.2. The lowest BCUT2D eigenvalue weighted by Crippen LogP contribution is -2.87. The molecule has 0 amide bonds. The Labute approximate surface area is 152 Å². The van der Waals surface area contributed by atoms with Crippen LogP contribution < -0.4 is 10.1 Å². The Balaban J connectivity index is 1.52. The van der Waals surface area contributed by atoms with Crippen LogP contribution in [0.15, 0.2) is 42.5 Å². The number of ether oxygens (including phenoxy) is 1. The summed E-state index contributed by atoms with van der Waals surface area (Å²) in [5.41, 5.74) is 2.82. The lowest BCUT2D eigenvalue weighted by molar-refractivity contribution is -0.702. The first-order valence-corrected chi connectivity index (χ1v) is 9.06. The van der Waals surface area contributed by atoms with Gasteiger partial charge in [-0.2, -0.15) is 0 Å². The van der Waals surface area contributed by atoms with E-state index in [2.05, 4.69) is 29.6 Å². The molecule has 0 saturated heterocycles. The summed E-state index contributed by atoms with van der Waals surface area (Å²) in [6.45, 7) is 0.759.